The fraction of sp³-hybridized carbons (Fsp3) is 0.438. The van der Waals surface area contributed by atoms with Crippen molar-refractivity contribution in [1.82, 2.24) is 4.90 Å². The summed E-state index contributed by atoms with van der Waals surface area (Å²) in [6.07, 6.45) is 7.51. The van der Waals surface area contributed by atoms with Crippen molar-refractivity contribution < 1.29 is 9.53 Å². The van der Waals surface area contributed by atoms with Crippen LogP contribution in [0.4, 0.5) is 5.69 Å². The second-order valence-electron chi connectivity index (χ2n) is 4.88. The second-order valence-corrected chi connectivity index (χ2v) is 4.88. The Morgan fingerprint density at radius 1 is 1.24 bits per heavy atom. The van der Waals surface area contributed by atoms with Crippen molar-refractivity contribution in [2.75, 3.05) is 19.7 Å². The lowest BCUT2D eigenvalue weighted by atomic mass is 10.1. The van der Waals surface area contributed by atoms with Crippen LogP contribution in [0.25, 0.3) is 0 Å². The largest absolute Gasteiger partial charge is 0.462 e. The molecule has 21 heavy (non-hydrogen) atoms. The molecule has 0 aromatic heterocycles. The molecule has 0 saturated carbocycles. The smallest absolute Gasteiger partial charge is 0.338 e. The molecule has 1 aliphatic rings. The van der Waals surface area contributed by atoms with Crippen molar-refractivity contribution in [3.05, 3.63) is 42.2 Å². The van der Waals surface area contributed by atoms with Gasteiger partial charge in [0, 0.05) is 19.3 Å². The van der Waals surface area contributed by atoms with Gasteiger partial charge >= 0.3 is 5.97 Å². The lowest BCUT2D eigenvalue weighted by Gasteiger charge is -2.24. The molecule has 0 atom stereocenters. The van der Waals surface area contributed by atoms with Gasteiger partial charge in [0.2, 0.25) is 0 Å². The number of hydrogen-bond donors (Lipinski definition) is 0. The summed E-state index contributed by atoms with van der Waals surface area (Å²) in [4.78, 5) is 13.8. The predicted octanol–water partition coefficient (Wildman–Crippen LogP) is 3.90. The number of benzene rings is 1. The summed E-state index contributed by atoms with van der Waals surface area (Å²) >= 11 is 0. The van der Waals surface area contributed by atoms with E-state index in [4.69, 9.17) is 4.74 Å². The first-order chi connectivity index (χ1) is 10.3. The zero-order chi connectivity index (χ0) is 14.9. The number of nitrogens with zero attached hydrogens (tertiary/aromatic N) is 3. The van der Waals surface area contributed by atoms with E-state index in [2.05, 4.69) is 15.1 Å². The number of carbonyl (C=O) groups excluding carboxylic acids is 1. The summed E-state index contributed by atoms with van der Waals surface area (Å²) in [5, 5.41) is 8.13. The summed E-state index contributed by atoms with van der Waals surface area (Å²) in [6, 6.07) is 6.90. The van der Waals surface area contributed by atoms with Gasteiger partial charge in [-0.15, -0.1) is 0 Å². The molecule has 2 rings (SSSR count). The quantitative estimate of drug-likeness (QED) is 0.609. The van der Waals surface area contributed by atoms with Gasteiger partial charge in [-0.3, -0.25) is 0 Å². The van der Waals surface area contributed by atoms with Crippen LogP contribution in [-0.2, 0) is 4.74 Å². The van der Waals surface area contributed by atoms with Gasteiger partial charge in [0.1, 0.15) is 0 Å². The SMILES string of the molecule is CCOC(=O)c1ccc(N=N/C=C/N2CCCCC2)cc1. The fourth-order valence-electron chi connectivity index (χ4n) is 2.17. The van der Waals surface area contributed by atoms with Crippen LogP contribution in [0.15, 0.2) is 46.9 Å². The number of carbonyl (C=O) groups is 1. The van der Waals surface area contributed by atoms with Crippen LogP contribution in [0.3, 0.4) is 0 Å². The van der Waals surface area contributed by atoms with Gasteiger partial charge in [-0.1, -0.05) is 0 Å². The predicted molar refractivity (Wildman–Crippen MR) is 81.5 cm³/mol. The first kappa shape index (κ1) is 15.2. The number of piperidine rings is 1. The highest BCUT2D eigenvalue weighted by molar-refractivity contribution is 5.89. The molecule has 0 N–H and O–H groups in total. The summed E-state index contributed by atoms with van der Waals surface area (Å²) in [5.41, 5.74) is 1.24. The Hall–Kier alpha value is -2.17. The number of likely N-dealkylation sites (tertiary alicyclic amines) is 1. The topological polar surface area (TPSA) is 54.3 Å². The molecule has 1 fully saturated rings. The zero-order valence-electron chi connectivity index (χ0n) is 12.4. The summed E-state index contributed by atoms with van der Waals surface area (Å²) in [5.74, 6) is -0.314. The molecule has 0 aliphatic carbocycles. The van der Waals surface area contributed by atoms with Crippen molar-refractivity contribution in [2.24, 2.45) is 10.2 Å². The van der Waals surface area contributed by atoms with E-state index in [-0.39, 0.29) is 5.97 Å². The average molecular weight is 287 g/mol. The maximum absolute atomic E-state index is 11.5. The lowest BCUT2D eigenvalue weighted by Crippen LogP contribution is -2.23. The Labute approximate surface area is 125 Å². The first-order valence-corrected chi connectivity index (χ1v) is 7.38. The van der Waals surface area contributed by atoms with Crippen molar-refractivity contribution >= 4 is 11.7 Å². The van der Waals surface area contributed by atoms with E-state index >= 15 is 0 Å². The number of ether oxygens (including phenoxy) is 1. The molecule has 112 valence electrons. The molecule has 1 saturated heterocycles. The molecule has 0 amide bonds. The van der Waals surface area contributed by atoms with Gasteiger partial charge in [0.05, 0.1) is 24.1 Å². The van der Waals surface area contributed by atoms with Gasteiger partial charge in [-0.25, -0.2) is 4.79 Å². The summed E-state index contributed by atoms with van der Waals surface area (Å²) in [7, 11) is 0. The molecule has 5 nitrogen and oxygen atoms in total. The lowest BCUT2D eigenvalue weighted by molar-refractivity contribution is 0.0526. The molecule has 0 bridgehead atoms. The molecule has 1 aliphatic heterocycles. The molecular formula is C16H21N3O2. The molecule has 5 heteroatoms. The Morgan fingerprint density at radius 2 is 1.95 bits per heavy atom. The minimum atomic E-state index is -0.314. The van der Waals surface area contributed by atoms with Gasteiger partial charge in [-0.2, -0.15) is 10.2 Å². The summed E-state index contributed by atoms with van der Waals surface area (Å²) in [6.45, 7) is 4.36. The molecule has 0 unspecified atom stereocenters. The molecule has 1 aromatic rings. The minimum absolute atomic E-state index is 0.314. The van der Waals surface area contributed by atoms with Crippen molar-refractivity contribution in [1.29, 1.82) is 0 Å². The minimum Gasteiger partial charge on any atom is -0.462 e. The molecule has 0 spiro atoms. The zero-order valence-corrected chi connectivity index (χ0v) is 12.4. The van der Waals surface area contributed by atoms with E-state index in [1.807, 2.05) is 6.20 Å². The van der Waals surface area contributed by atoms with Gasteiger partial charge in [0.25, 0.3) is 0 Å². The van der Waals surface area contributed by atoms with Crippen LogP contribution < -0.4 is 0 Å². The van der Waals surface area contributed by atoms with Crippen molar-refractivity contribution in [3.63, 3.8) is 0 Å². The van der Waals surface area contributed by atoms with Crippen LogP contribution in [-0.4, -0.2) is 30.6 Å². The van der Waals surface area contributed by atoms with Crippen LogP contribution >= 0.6 is 0 Å². The fourth-order valence-corrected chi connectivity index (χ4v) is 2.17. The Bertz CT molecular complexity index is 503. The second kappa shape index (κ2) is 8.19. The number of rotatable bonds is 5. The van der Waals surface area contributed by atoms with Crippen LogP contribution in [0, 0.1) is 0 Å². The Kier molecular flexibility index (Phi) is 5.94. The molecule has 1 heterocycles. The summed E-state index contributed by atoms with van der Waals surface area (Å²) < 4.78 is 4.92. The van der Waals surface area contributed by atoms with E-state index in [0.29, 0.717) is 17.9 Å². The van der Waals surface area contributed by atoms with Crippen LogP contribution in [0.1, 0.15) is 36.5 Å². The molecule has 0 radical (unpaired) electrons. The van der Waals surface area contributed by atoms with E-state index in [0.717, 1.165) is 13.1 Å². The third-order valence-electron chi connectivity index (χ3n) is 3.29. The van der Waals surface area contributed by atoms with Gasteiger partial charge < -0.3 is 9.64 Å². The van der Waals surface area contributed by atoms with E-state index in [9.17, 15) is 4.79 Å². The third-order valence-corrected chi connectivity index (χ3v) is 3.29. The molecular weight excluding hydrogens is 266 g/mol. The highest BCUT2D eigenvalue weighted by Gasteiger charge is 2.05. The number of hydrogen-bond acceptors (Lipinski definition) is 5. The van der Waals surface area contributed by atoms with Crippen molar-refractivity contribution in [2.45, 2.75) is 26.2 Å². The normalized spacial score (nSPS) is 15.8. The van der Waals surface area contributed by atoms with E-state index in [1.54, 1.807) is 37.4 Å². The highest BCUT2D eigenvalue weighted by atomic mass is 16.5. The van der Waals surface area contributed by atoms with Crippen LogP contribution in [0.2, 0.25) is 0 Å². The maximum Gasteiger partial charge on any atom is 0.338 e. The average Bonchev–Trinajstić information content (AvgIpc) is 2.53. The molecule has 1 aromatic carbocycles. The van der Waals surface area contributed by atoms with Gasteiger partial charge in [0.15, 0.2) is 0 Å². The van der Waals surface area contributed by atoms with Crippen molar-refractivity contribution in [3.8, 4) is 0 Å². The maximum atomic E-state index is 11.5. The van der Waals surface area contributed by atoms with E-state index < -0.39 is 0 Å². The number of azo groups is 1. The Balaban J connectivity index is 1.86. The standard InChI is InChI=1S/C16H21N3O2/c1-2-21-16(20)14-6-8-15(9-7-14)18-17-10-13-19-11-4-3-5-12-19/h6-10,13H,2-5,11-12H2,1H3/b13-10+,18-17?. The first-order valence-electron chi connectivity index (χ1n) is 7.38. The van der Waals surface area contributed by atoms with Gasteiger partial charge in [-0.05, 0) is 50.5 Å². The third kappa shape index (κ3) is 5.02. The highest BCUT2D eigenvalue weighted by Crippen LogP contribution is 2.14. The Morgan fingerprint density at radius 3 is 2.62 bits per heavy atom. The number of esters is 1. The van der Waals surface area contributed by atoms with E-state index in [1.165, 1.54) is 19.3 Å². The van der Waals surface area contributed by atoms with Crippen LogP contribution in [0.5, 0.6) is 0 Å². The monoisotopic (exact) mass is 287 g/mol.